The first kappa shape index (κ1) is 33.3. The van der Waals surface area contributed by atoms with E-state index < -0.39 is 30.4 Å². The van der Waals surface area contributed by atoms with Gasteiger partial charge in [-0.25, -0.2) is 0 Å². The summed E-state index contributed by atoms with van der Waals surface area (Å²) in [5.74, 6) is -1.34. The Kier molecular flexibility index (Phi) is 18.2. The van der Waals surface area contributed by atoms with Crippen molar-refractivity contribution in [3.63, 3.8) is 0 Å². The van der Waals surface area contributed by atoms with Crippen LogP contribution in [0.25, 0.3) is 0 Å². The van der Waals surface area contributed by atoms with Gasteiger partial charge >= 0.3 is 11.9 Å². The second kappa shape index (κ2) is 20.3. The molecule has 4 N–H and O–H groups in total. The third-order valence-corrected chi connectivity index (χ3v) is 6.79. The van der Waals surface area contributed by atoms with Gasteiger partial charge in [0.25, 0.3) is 0 Å². The lowest BCUT2D eigenvalue weighted by Crippen LogP contribution is -2.25. The summed E-state index contributed by atoms with van der Waals surface area (Å²) in [6.45, 7) is 3.78. The van der Waals surface area contributed by atoms with Gasteiger partial charge in [0.1, 0.15) is 19.3 Å². The summed E-state index contributed by atoms with van der Waals surface area (Å²) in [5.41, 5.74) is 0. The second-order valence-electron chi connectivity index (χ2n) is 10.2. The topological polar surface area (TPSA) is 134 Å². The molecule has 8 heteroatoms. The van der Waals surface area contributed by atoms with Crippen LogP contribution in [0.1, 0.15) is 97.3 Å². The van der Waals surface area contributed by atoms with E-state index in [4.69, 9.17) is 9.47 Å². The monoisotopic (exact) mass is 526 g/mol. The first-order chi connectivity index (χ1) is 17.8. The molecule has 1 aliphatic rings. The fourth-order valence-electron chi connectivity index (χ4n) is 4.53. The lowest BCUT2D eigenvalue weighted by atomic mass is 9.89. The quantitative estimate of drug-likeness (QED) is 0.106. The number of unbranched alkanes of at least 4 members (excludes halogenated alkanes) is 6. The van der Waals surface area contributed by atoms with E-state index >= 15 is 0 Å². The maximum absolute atomic E-state index is 12.0. The molecule has 1 fully saturated rings. The van der Waals surface area contributed by atoms with E-state index in [-0.39, 0.29) is 43.9 Å². The summed E-state index contributed by atoms with van der Waals surface area (Å²) < 4.78 is 10.1. The molecular formula is C29H50O8. The molecule has 0 aromatic rings. The highest BCUT2D eigenvalue weighted by molar-refractivity contribution is 5.71. The van der Waals surface area contributed by atoms with Gasteiger partial charge in [-0.3, -0.25) is 9.59 Å². The number of ether oxygens (including phenoxy) is 2. The van der Waals surface area contributed by atoms with Crippen LogP contribution >= 0.6 is 0 Å². The van der Waals surface area contributed by atoms with E-state index in [0.717, 1.165) is 51.4 Å². The molecule has 37 heavy (non-hydrogen) atoms. The Morgan fingerprint density at radius 1 is 0.865 bits per heavy atom. The number of esters is 2. The zero-order chi connectivity index (χ0) is 27.5. The maximum atomic E-state index is 12.0. The van der Waals surface area contributed by atoms with Gasteiger partial charge in [-0.2, -0.15) is 0 Å². The summed E-state index contributed by atoms with van der Waals surface area (Å²) in [7, 11) is 0. The molecule has 0 saturated heterocycles. The normalized spacial score (nSPS) is 23.5. The molecule has 6 atom stereocenters. The molecule has 0 radical (unpaired) electrons. The molecule has 0 aliphatic heterocycles. The molecule has 0 aromatic carbocycles. The predicted octanol–water partition coefficient (Wildman–Crippen LogP) is 3.99. The Balaban J connectivity index is 2.29. The van der Waals surface area contributed by atoms with Gasteiger partial charge in [-0.15, -0.1) is 0 Å². The SMILES string of the molecule is CCCCCCCC(=O)OC[C@H](O)COC(=O)C/C=C\C[C@H]1[C@@H](/C=C/[C@H](O)CCCCC)[C@H](O)C[C@@H]1O. The average Bonchev–Trinajstić information content (AvgIpc) is 3.14. The first-order valence-corrected chi connectivity index (χ1v) is 14.1. The predicted molar refractivity (Wildman–Crippen MR) is 143 cm³/mol. The van der Waals surface area contributed by atoms with Crippen LogP contribution in [0.5, 0.6) is 0 Å². The zero-order valence-electron chi connectivity index (χ0n) is 22.8. The number of hydrogen-bond donors (Lipinski definition) is 4. The fraction of sp³-hybridized carbons (Fsp3) is 0.793. The minimum Gasteiger partial charge on any atom is -0.463 e. The summed E-state index contributed by atoms with van der Waals surface area (Å²) in [5, 5.41) is 40.7. The van der Waals surface area contributed by atoms with E-state index in [1.807, 2.05) is 6.08 Å². The van der Waals surface area contributed by atoms with Crippen molar-refractivity contribution >= 4 is 11.9 Å². The van der Waals surface area contributed by atoms with Crippen molar-refractivity contribution in [1.82, 2.24) is 0 Å². The molecule has 0 bridgehead atoms. The van der Waals surface area contributed by atoms with Crippen LogP contribution < -0.4 is 0 Å². The number of carbonyl (C=O) groups is 2. The Hall–Kier alpha value is -1.74. The molecule has 0 spiro atoms. The smallest absolute Gasteiger partial charge is 0.309 e. The molecule has 1 saturated carbocycles. The highest BCUT2D eigenvalue weighted by atomic mass is 16.6. The molecule has 214 valence electrons. The van der Waals surface area contributed by atoms with Crippen LogP contribution in [0.2, 0.25) is 0 Å². The van der Waals surface area contributed by atoms with Gasteiger partial charge in [0.05, 0.1) is 24.7 Å². The largest absolute Gasteiger partial charge is 0.463 e. The zero-order valence-corrected chi connectivity index (χ0v) is 22.8. The van der Waals surface area contributed by atoms with Crippen LogP contribution in [0, 0.1) is 11.8 Å². The van der Waals surface area contributed by atoms with Gasteiger partial charge in [0, 0.05) is 18.8 Å². The number of carbonyl (C=O) groups excluding carboxylic acids is 2. The molecular weight excluding hydrogens is 476 g/mol. The van der Waals surface area contributed by atoms with Crippen molar-refractivity contribution in [2.75, 3.05) is 13.2 Å². The number of hydrogen-bond acceptors (Lipinski definition) is 8. The van der Waals surface area contributed by atoms with Gasteiger partial charge < -0.3 is 29.9 Å². The van der Waals surface area contributed by atoms with E-state index in [1.54, 1.807) is 18.2 Å². The van der Waals surface area contributed by atoms with E-state index in [1.165, 1.54) is 0 Å². The average molecular weight is 527 g/mol. The lowest BCUT2D eigenvalue weighted by molar-refractivity contribution is -0.151. The Morgan fingerprint density at radius 3 is 2.22 bits per heavy atom. The van der Waals surface area contributed by atoms with Crippen molar-refractivity contribution in [2.24, 2.45) is 11.8 Å². The van der Waals surface area contributed by atoms with E-state index in [0.29, 0.717) is 19.3 Å². The van der Waals surface area contributed by atoms with Crippen LogP contribution in [0.15, 0.2) is 24.3 Å². The van der Waals surface area contributed by atoms with E-state index in [2.05, 4.69) is 13.8 Å². The highest BCUT2D eigenvalue weighted by Gasteiger charge is 2.39. The minimum atomic E-state index is -1.07. The second-order valence-corrected chi connectivity index (χ2v) is 10.2. The van der Waals surface area contributed by atoms with Crippen molar-refractivity contribution < 1.29 is 39.5 Å². The molecule has 0 unspecified atom stereocenters. The van der Waals surface area contributed by atoms with Crippen molar-refractivity contribution in [3.8, 4) is 0 Å². The first-order valence-electron chi connectivity index (χ1n) is 14.1. The summed E-state index contributed by atoms with van der Waals surface area (Å²) in [4.78, 5) is 23.7. The summed E-state index contributed by atoms with van der Waals surface area (Å²) in [6.07, 6.45) is 14.0. The lowest BCUT2D eigenvalue weighted by Gasteiger charge is -2.19. The maximum Gasteiger partial charge on any atom is 0.309 e. The van der Waals surface area contributed by atoms with Gasteiger partial charge in [-0.1, -0.05) is 83.1 Å². The van der Waals surface area contributed by atoms with Crippen molar-refractivity contribution in [2.45, 2.75) is 122 Å². The van der Waals surface area contributed by atoms with Crippen molar-refractivity contribution in [1.29, 1.82) is 0 Å². The Labute approximate surface area is 222 Å². The highest BCUT2D eigenvalue weighted by Crippen LogP contribution is 2.36. The van der Waals surface area contributed by atoms with Crippen molar-refractivity contribution in [3.05, 3.63) is 24.3 Å². The Bertz CT molecular complexity index is 677. The molecule has 8 nitrogen and oxygen atoms in total. The third-order valence-electron chi connectivity index (χ3n) is 6.79. The fourth-order valence-corrected chi connectivity index (χ4v) is 4.53. The van der Waals surface area contributed by atoms with Gasteiger partial charge in [0.2, 0.25) is 0 Å². The van der Waals surface area contributed by atoms with Gasteiger partial charge in [0.15, 0.2) is 0 Å². The minimum absolute atomic E-state index is 0.00624. The van der Waals surface area contributed by atoms with Gasteiger partial charge in [-0.05, 0) is 25.2 Å². The van der Waals surface area contributed by atoms with E-state index in [9.17, 15) is 30.0 Å². The molecule has 1 rings (SSSR count). The molecule has 0 heterocycles. The van der Waals surface area contributed by atoms with Crippen LogP contribution in [0.4, 0.5) is 0 Å². The summed E-state index contributed by atoms with van der Waals surface area (Å²) >= 11 is 0. The number of allylic oxidation sites excluding steroid dienone is 1. The summed E-state index contributed by atoms with van der Waals surface area (Å²) in [6, 6.07) is 0. The third kappa shape index (κ3) is 15.3. The number of rotatable bonds is 20. The standard InChI is InChI=1S/C29H50O8/c1-3-5-7-8-10-15-28(34)36-20-23(31)21-37-29(35)16-12-11-14-24-25(27(33)19-26(24)32)18-17-22(30)13-9-6-4-2/h11-12,17-18,22-27,30-33H,3-10,13-16,19-21H2,1-2H3/b12-11-,18-17+/t22-,23+,24+,25-,26+,27-/m1/s1. The molecule has 0 amide bonds. The van der Waals surface area contributed by atoms with Crippen LogP contribution in [0.3, 0.4) is 0 Å². The number of aliphatic hydroxyl groups excluding tert-OH is 4. The van der Waals surface area contributed by atoms with Crippen LogP contribution in [-0.4, -0.2) is 70.0 Å². The van der Waals surface area contributed by atoms with Crippen LogP contribution in [-0.2, 0) is 19.1 Å². The molecule has 0 aromatic heterocycles. The number of aliphatic hydroxyl groups is 4. The molecule has 1 aliphatic carbocycles. The Morgan fingerprint density at radius 2 is 1.51 bits per heavy atom.